The summed E-state index contributed by atoms with van der Waals surface area (Å²) in [6.07, 6.45) is 0. The third-order valence-corrected chi connectivity index (χ3v) is 4.95. The molecule has 158 valence electrons. The van der Waals surface area contributed by atoms with Crippen LogP contribution in [0.1, 0.15) is 0 Å². The Kier molecular flexibility index (Phi) is 6.96. The molecule has 10 nitrogen and oxygen atoms in total. The molecule has 0 bridgehead atoms. The third-order valence-electron chi connectivity index (χ3n) is 4.04. The highest BCUT2D eigenvalue weighted by Gasteiger charge is 2.17. The van der Waals surface area contributed by atoms with Gasteiger partial charge in [0.1, 0.15) is 11.4 Å². The number of anilines is 1. The molecule has 0 radical (unpaired) electrons. The monoisotopic (exact) mass is 431 g/mol. The van der Waals surface area contributed by atoms with Gasteiger partial charge >= 0.3 is 0 Å². The molecular weight excluding hydrogens is 410 g/mol. The average molecular weight is 431 g/mol. The molecule has 0 aliphatic heterocycles. The number of carbonyl (C=O) groups excluding carboxylic acids is 1. The summed E-state index contributed by atoms with van der Waals surface area (Å²) < 4.78 is 22.8. The quantitative estimate of drug-likeness (QED) is 0.511. The molecule has 2 aromatic carbocycles. The largest absolute Gasteiger partial charge is 0.494 e. The molecule has 0 fully saturated rings. The molecule has 1 N–H and O–H groups in total. The van der Waals surface area contributed by atoms with Crippen molar-refractivity contribution >= 4 is 23.4 Å². The van der Waals surface area contributed by atoms with E-state index in [4.69, 9.17) is 18.9 Å². The van der Waals surface area contributed by atoms with Gasteiger partial charge in [0.25, 0.3) is 0 Å². The maximum Gasteiger partial charge on any atom is 0.234 e. The lowest BCUT2D eigenvalue weighted by Crippen LogP contribution is -2.15. The number of amides is 1. The fourth-order valence-corrected chi connectivity index (χ4v) is 3.39. The van der Waals surface area contributed by atoms with Crippen molar-refractivity contribution in [3.05, 3.63) is 36.4 Å². The van der Waals surface area contributed by atoms with Crippen molar-refractivity contribution in [3.63, 3.8) is 0 Å². The molecule has 11 heteroatoms. The van der Waals surface area contributed by atoms with Crippen molar-refractivity contribution in [1.29, 1.82) is 0 Å². The smallest absolute Gasteiger partial charge is 0.234 e. The number of para-hydroxylation sites is 2. The van der Waals surface area contributed by atoms with Gasteiger partial charge in [-0.3, -0.25) is 4.79 Å². The number of carbonyl (C=O) groups is 1. The summed E-state index contributed by atoms with van der Waals surface area (Å²) in [4.78, 5) is 12.5. The fourth-order valence-electron chi connectivity index (χ4n) is 2.71. The average Bonchev–Trinajstić information content (AvgIpc) is 3.25. The second-order valence-corrected chi connectivity index (χ2v) is 6.74. The predicted octanol–water partition coefficient (Wildman–Crippen LogP) is 2.43. The summed E-state index contributed by atoms with van der Waals surface area (Å²) in [6, 6.07) is 10.7. The minimum atomic E-state index is -0.246. The van der Waals surface area contributed by atoms with Gasteiger partial charge < -0.3 is 24.3 Å². The van der Waals surface area contributed by atoms with Crippen LogP contribution < -0.4 is 24.3 Å². The number of tetrazole rings is 1. The van der Waals surface area contributed by atoms with Crippen molar-refractivity contribution in [2.24, 2.45) is 0 Å². The molecule has 1 amide bonds. The standard InChI is InChI=1S/C19H21N5O5S/c1-26-14-8-6-5-7-13(14)24-19(21-22-23-24)30-11-17(25)20-12-9-15(27-2)18(29-4)16(10-12)28-3/h5-10H,11H2,1-4H3,(H,20,25). The van der Waals surface area contributed by atoms with Gasteiger partial charge in [-0.25, -0.2) is 0 Å². The first-order valence-corrected chi connectivity index (χ1v) is 9.74. The zero-order valence-corrected chi connectivity index (χ0v) is 17.7. The topological polar surface area (TPSA) is 110 Å². The van der Waals surface area contributed by atoms with Crippen molar-refractivity contribution in [1.82, 2.24) is 20.2 Å². The van der Waals surface area contributed by atoms with Gasteiger partial charge in [0, 0.05) is 17.8 Å². The Hall–Kier alpha value is -3.47. The van der Waals surface area contributed by atoms with Crippen LogP contribution >= 0.6 is 11.8 Å². The summed E-state index contributed by atoms with van der Waals surface area (Å²) in [6.45, 7) is 0. The van der Waals surface area contributed by atoms with E-state index in [1.165, 1.54) is 37.8 Å². The van der Waals surface area contributed by atoms with E-state index in [0.29, 0.717) is 39.5 Å². The molecule has 0 unspecified atom stereocenters. The van der Waals surface area contributed by atoms with Gasteiger partial charge in [-0.2, -0.15) is 4.68 Å². The normalized spacial score (nSPS) is 10.4. The number of hydrogen-bond donors (Lipinski definition) is 1. The van der Waals surface area contributed by atoms with Crippen molar-refractivity contribution in [2.75, 3.05) is 39.5 Å². The highest BCUT2D eigenvalue weighted by Crippen LogP contribution is 2.40. The molecule has 0 saturated carbocycles. The SMILES string of the molecule is COc1ccccc1-n1nnnc1SCC(=O)Nc1cc(OC)c(OC)c(OC)c1. The van der Waals surface area contributed by atoms with Crippen LogP contribution in [-0.4, -0.2) is 60.3 Å². The van der Waals surface area contributed by atoms with Crippen LogP contribution in [0.2, 0.25) is 0 Å². The van der Waals surface area contributed by atoms with Crippen molar-refractivity contribution < 1.29 is 23.7 Å². The molecule has 0 aliphatic rings. The summed E-state index contributed by atoms with van der Waals surface area (Å²) >= 11 is 1.19. The highest BCUT2D eigenvalue weighted by molar-refractivity contribution is 7.99. The summed E-state index contributed by atoms with van der Waals surface area (Å²) in [5.41, 5.74) is 1.19. The van der Waals surface area contributed by atoms with Crippen LogP contribution in [-0.2, 0) is 4.79 Å². The second kappa shape index (κ2) is 9.83. The van der Waals surface area contributed by atoms with Crippen LogP contribution in [0, 0.1) is 0 Å². The van der Waals surface area contributed by atoms with Crippen molar-refractivity contribution in [2.45, 2.75) is 5.16 Å². The number of aromatic nitrogens is 4. The Bertz CT molecular complexity index is 1000. The number of nitrogens with one attached hydrogen (secondary N) is 1. The molecule has 0 saturated heterocycles. The van der Waals surface area contributed by atoms with Gasteiger partial charge in [-0.1, -0.05) is 23.9 Å². The number of ether oxygens (including phenoxy) is 4. The van der Waals surface area contributed by atoms with E-state index in [1.807, 2.05) is 24.3 Å². The first-order valence-electron chi connectivity index (χ1n) is 8.75. The Morgan fingerprint density at radius 1 is 1.00 bits per heavy atom. The molecule has 1 heterocycles. The lowest BCUT2D eigenvalue weighted by atomic mass is 10.2. The third kappa shape index (κ3) is 4.57. The lowest BCUT2D eigenvalue weighted by Gasteiger charge is -2.14. The van der Waals surface area contributed by atoms with Gasteiger partial charge in [-0.05, 0) is 22.6 Å². The van der Waals surface area contributed by atoms with Gasteiger partial charge in [-0.15, -0.1) is 5.10 Å². The van der Waals surface area contributed by atoms with Gasteiger partial charge in [0.15, 0.2) is 11.5 Å². The Balaban J connectivity index is 1.72. The van der Waals surface area contributed by atoms with E-state index in [9.17, 15) is 4.79 Å². The van der Waals surface area contributed by atoms with E-state index in [-0.39, 0.29) is 11.7 Å². The van der Waals surface area contributed by atoms with Crippen LogP contribution in [0.4, 0.5) is 5.69 Å². The maximum absolute atomic E-state index is 12.5. The first-order chi connectivity index (χ1) is 14.6. The molecular formula is C19H21N5O5S. The zero-order valence-electron chi connectivity index (χ0n) is 16.9. The Morgan fingerprint density at radius 3 is 2.30 bits per heavy atom. The second-order valence-electron chi connectivity index (χ2n) is 5.80. The molecule has 0 spiro atoms. The van der Waals surface area contributed by atoms with E-state index in [1.54, 1.807) is 19.2 Å². The fraction of sp³-hybridized carbons (Fsp3) is 0.263. The number of benzene rings is 2. The minimum Gasteiger partial charge on any atom is -0.494 e. The summed E-state index contributed by atoms with van der Waals surface area (Å²) in [5.74, 6) is 1.80. The number of methoxy groups -OCH3 is 4. The lowest BCUT2D eigenvalue weighted by molar-refractivity contribution is -0.113. The molecule has 3 rings (SSSR count). The predicted molar refractivity (Wildman–Crippen MR) is 111 cm³/mol. The van der Waals surface area contributed by atoms with Crippen LogP contribution in [0.5, 0.6) is 23.0 Å². The Morgan fingerprint density at radius 2 is 1.67 bits per heavy atom. The van der Waals surface area contributed by atoms with E-state index in [0.717, 1.165) is 0 Å². The molecule has 0 aliphatic carbocycles. The van der Waals surface area contributed by atoms with Crippen LogP contribution in [0.15, 0.2) is 41.6 Å². The van der Waals surface area contributed by atoms with E-state index in [2.05, 4.69) is 20.8 Å². The van der Waals surface area contributed by atoms with Crippen LogP contribution in [0.25, 0.3) is 5.69 Å². The van der Waals surface area contributed by atoms with Gasteiger partial charge in [0.2, 0.25) is 16.8 Å². The number of thioether (sulfide) groups is 1. The van der Waals surface area contributed by atoms with Crippen molar-refractivity contribution in [3.8, 4) is 28.7 Å². The van der Waals surface area contributed by atoms with E-state index >= 15 is 0 Å². The minimum absolute atomic E-state index is 0.0895. The van der Waals surface area contributed by atoms with E-state index < -0.39 is 0 Å². The molecule has 0 atom stereocenters. The van der Waals surface area contributed by atoms with Crippen LogP contribution in [0.3, 0.4) is 0 Å². The summed E-state index contributed by atoms with van der Waals surface area (Å²) in [7, 11) is 6.11. The highest BCUT2D eigenvalue weighted by atomic mass is 32.2. The maximum atomic E-state index is 12.5. The molecule has 30 heavy (non-hydrogen) atoms. The summed E-state index contributed by atoms with van der Waals surface area (Å²) in [5, 5.41) is 15.0. The number of nitrogens with zero attached hydrogens (tertiary/aromatic N) is 4. The first kappa shape index (κ1) is 21.2. The number of rotatable bonds is 9. The Labute approximate surface area is 177 Å². The van der Waals surface area contributed by atoms with Gasteiger partial charge in [0.05, 0.1) is 34.2 Å². The number of hydrogen-bond acceptors (Lipinski definition) is 9. The molecule has 1 aromatic heterocycles. The zero-order chi connectivity index (χ0) is 21.5. The molecule has 3 aromatic rings.